The topological polar surface area (TPSA) is 104 Å². The molecule has 1 fully saturated rings. The summed E-state index contributed by atoms with van der Waals surface area (Å²) in [5, 5.41) is 20.3. The van der Waals surface area contributed by atoms with Gasteiger partial charge in [-0.15, -0.1) is 0 Å². The number of nitrogens with zero attached hydrogens (tertiary/aromatic N) is 3. The summed E-state index contributed by atoms with van der Waals surface area (Å²) < 4.78 is 24.0. The van der Waals surface area contributed by atoms with Gasteiger partial charge in [-0.3, -0.25) is 10.1 Å². The molecule has 1 saturated heterocycles. The van der Waals surface area contributed by atoms with Crippen molar-refractivity contribution in [2.75, 3.05) is 23.7 Å². The average molecular weight is 337 g/mol. The lowest BCUT2D eigenvalue weighted by Gasteiger charge is -2.42. The molecule has 1 heterocycles. The van der Waals surface area contributed by atoms with Crippen molar-refractivity contribution < 1.29 is 13.3 Å². The number of nitro groups is 1. The largest absolute Gasteiger partial charge is 0.363 e. The molecule has 0 radical (unpaired) electrons. The molecule has 7 nitrogen and oxygen atoms in total. The maximum Gasteiger partial charge on any atom is 0.292 e. The summed E-state index contributed by atoms with van der Waals surface area (Å²) in [4.78, 5) is 12.5. The highest BCUT2D eigenvalue weighted by Crippen LogP contribution is 2.37. The van der Waals surface area contributed by atoms with Gasteiger partial charge < -0.3 is 4.90 Å². The number of benzene rings is 1. The molecular formula is C15H19N3O4S. The van der Waals surface area contributed by atoms with Gasteiger partial charge in [0.25, 0.3) is 5.69 Å². The molecule has 1 aliphatic rings. The Kier molecular flexibility index (Phi) is 4.61. The molecule has 1 aromatic carbocycles. The Labute approximate surface area is 135 Å². The first kappa shape index (κ1) is 17.2. The molecule has 0 bridgehead atoms. The first-order valence-corrected chi connectivity index (χ1v) is 9.11. The molecule has 0 spiro atoms. The normalized spacial score (nSPS) is 19.1. The van der Waals surface area contributed by atoms with Crippen LogP contribution in [0.2, 0.25) is 0 Å². The van der Waals surface area contributed by atoms with Crippen molar-refractivity contribution >= 4 is 21.2 Å². The highest BCUT2D eigenvalue weighted by atomic mass is 32.2. The van der Waals surface area contributed by atoms with Crippen LogP contribution in [0.4, 0.5) is 11.4 Å². The molecule has 8 heteroatoms. The average Bonchev–Trinajstić information content (AvgIpc) is 2.54. The van der Waals surface area contributed by atoms with E-state index in [2.05, 4.69) is 0 Å². The van der Waals surface area contributed by atoms with Gasteiger partial charge in [0, 0.05) is 19.2 Å². The smallest absolute Gasteiger partial charge is 0.292 e. The van der Waals surface area contributed by atoms with E-state index in [-0.39, 0.29) is 24.5 Å². The van der Waals surface area contributed by atoms with E-state index in [9.17, 15) is 18.5 Å². The van der Waals surface area contributed by atoms with E-state index in [1.807, 2.05) is 19.9 Å². The number of rotatable bonds is 4. The van der Waals surface area contributed by atoms with Crippen molar-refractivity contribution in [2.24, 2.45) is 0 Å². The van der Waals surface area contributed by atoms with Gasteiger partial charge in [0.15, 0.2) is 9.84 Å². The van der Waals surface area contributed by atoms with Gasteiger partial charge in [0.05, 0.1) is 27.1 Å². The predicted octanol–water partition coefficient (Wildman–Crippen LogP) is 2.26. The Morgan fingerprint density at radius 3 is 2.57 bits per heavy atom. The van der Waals surface area contributed by atoms with Crippen LogP contribution in [0.25, 0.3) is 0 Å². The predicted molar refractivity (Wildman–Crippen MR) is 87.1 cm³/mol. The van der Waals surface area contributed by atoms with Crippen LogP contribution in [0.5, 0.6) is 0 Å². The number of nitro benzene ring substituents is 1. The van der Waals surface area contributed by atoms with Crippen LogP contribution in [0.15, 0.2) is 18.2 Å². The summed E-state index contributed by atoms with van der Waals surface area (Å²) >= 11 is 0. The molecule has 23 heavy (non-hydrogen) atoms. The minimum atomic E-state index is -3.25. The van der Waals surface area contributed by atoms with Gasteiger partial charge in [-0.2, -0.15) is 5.26 Å². The molecule has 1 aromatic rings. The fraction of sp³-hybridized carbons (Fsp3) is 0.533. The molecule has 0 unspecified atom stereocenters. The van der Waals surface area contributed by atoms with Crippen LogP contribution >= 0.6 is 0 Å². The van der Waals surface area contributed by atoms with E-state index in [4.69, 9.17) is 5.26 Å². The second-order valence-electron chi connectivity index (χ2n) is 5.70. The summed E-state index contributed by atoms with van der Waals surface area (Å²) in [5.41, 5.74) is 0.525. The molecule has 0 N–H and O–H groups in total. The second kappa shape index (κ2) is 6.16. The standard InChI is InChI=1S/C15H19N3O4S/c1-3-15(4-2)11-17(7-8-23(15,21)22)14-9-12(10-16)5-6-13(14)18(19)20/h5-6,9H,3-4,7-8,11H2,1-2H3. The third-order valence-corrected chi connectivity index (χ3v) is 7.45. The van der Waals surface area contributed by atoms with Crippen LogP contribution in [0.3, 0.4) is 0 Å². The van der Waals surface area contributed by atoms with E-state index in [1.54, 1.807) is 4.90 Å². The Balaban J connectivity index is 2.52. The molecular weight excluding hydrogens is 318 g/mol. The first-order chi connectivity index (χ1) is 10.8. The first-order valence-electron chi connectivity index (χ1n) is 7.46. The van der Waals surface area contributed by atoms with E-state index in [1.165, 1.54) is 18.2 Å². The van der Waals surface area contributed by atoms with E-state index < -0.39 is 19.5 Å². The van der Waals surface area contributed by atoms with E-state index in [0.29, 0.717) is 24.1 Å². The highest BCUT2D eigenvalue weighted by molar-refractivity contribution is 7.92. The zero-order valence-corrected chi connectivity index (χ0v) is 14.0. The maximum absolute atomic E-state index is 12.5. The van der Waals surface area contributed by atoms with Gasteiger partial charge >= 0.3 is 0 Å². The fourth-order valence-corrected chi connectivity index (χ4v) is 5.22. The van der Waals surface area contributed by atoms with E-state index >= 15 is 0 Å². The molecule has 2 rings (SSSR count). The van der Waals surface area contributed by atoms with Crippen LogP contribution in [-0.2, 0) is 9.84 Å². The summed E-state index contributed by atoms with van der Waals surface area (Å²) in [6, 6.07) is 6.13. The summed E-state index contributed by atoms with van der Waals surface area (Å²) in [7, 11) is -3.25. The molecule has 124 valence electrons. The Morgan fingerprint density at radius 1 is 1.39 bits per heavy atom. The number of anilines is 1. The zero-order chi connectivity index (χ0) is 17.3. The Morgan fingerprint density at radius 2 is 2.04 bits per heavy atom. The van der Waals surface area contributed by atoms with Gasteiger partial charge in [0.1, 0.15) is 5.69 Å². The maximum atomic E-state index is 12.5. The van der Waals surface area contributed by atoms with Crippen molar-refractivity contribution in [3.63, 3.8) is 0 Å². The van der Waals surface area contributed by atoms with Gasteiger partial charge in [-0.05, 0) is 25.0 Å². The van der Waals surface area contributed by atoms with Crippen molar-refractivity contribution in [2.45, 2.75) is 31.4 Å². The minimum Gasteiger partial charge on any atom is -0.363 e. The lowest BCUT2D eigenvalue weighted by atomic mass is 10.0. The third kappa shape index (κ3) is 2.88. The summed E-state index contributed by atoms with van der Waals surface area (Å²) in [6.07, 6.45) is 0.905. The fourth-order valence-electron chi connectivity index (χ4n) is 3.09. The van der Waals surface area contributed by atoms with Gasteiger partial charge in [-0.1, -0.05) is 13.8 Å². The van der Waals surface area contributed by atoms with Crippen LogP contribution in [-0.4, -0.2) is 36.9 Å². The van der Waals surface area contributed by atoms with Crippen molar-refractivity contribution in [1.82, 2.24) is 0 Å². The lowest BCUT2D eigenvalue weighted by Crippen LogP contribution is -2.56. The molecule has 0 atom stereocenters. The quantitative estimate of drug-likeness (QED) is 0.616. The Bertz CT molecular complexity index is 763. The monoisotopic (exact) mass is 337 g/mol. The number of hydrogen-bond donors (Lipinski definition) is 0. The molecule has 0 saturated carbocycles. The SMILES string of the molecule is CCC1(CC)CN(c2cc(C#N)ccc2[N+](=O)[O-])CCS1(=O)=O. The number of hydrogen-bond acceptors (Lipinski definition) is 6. The molecule has 0 aromatic heterocycles. The molecule has 1 aliphatic heterocycles. The summed E-state index contributed by atoms with van der Waals surface area (Å²) in [6.45, 7) is 4.05. The molecule has 0 aliphatic carbocycles. The zero-order valence-electron chi connectivity index (χ0n) is 13.2. The molecule has 0 amide bonds. The van der Waals surface area contributed by atoms with E-state index in [0.717, 1.165) is 0 Å². The number of nitriles is 1. The van der Waals surface area contributed by atoms with Gasteiger partial charge in [0.2, 0.25) is 0 Å². The van der Waals surface area contributed by atoms with Crippen molar-refractivity contribution in [3.8, 4) is 6.07 Å². The second-order valence-corrected chi connectivity index (χ2v) is 8.21. The van der Waals surface area contributed by atoms with Gasteiger partial charge in [-0.25, -0.2) is 8.42 Å². The van der Waals surface area contributed by atoms with Crippen molar-refractivity contribution in [1.29, 1.82) is 5.26 Å². The minimum absolute atomic E-state index is 0.0391. The lowest BCUT2D eigenvalue weighted by molar-refractivity contribution is -0.384. The van der Waals surface area contributed by atoms with Crippen LogP contribution in [0.1, 0.15) is 32.3 Å². The van der Waals surface area contributed by atoms with Crippen LogP contribution in [0, 0.1) is 21.4 Å². The highest BCUT2D eigenvalue weighted by Gasteiger charge is 2.46. The van der Waals surface area contributed by atoms with Crippen molar-refractivity contribution in [3.05, 3.63) is 33.9 Å². The van der Waals surface area contributed by atoms with Crippen LogP contribution < -0.4 is 4.90 Å². The third-order valence-electron chi connectivity index (χ3n) is 4.70. The summed E-state index contributed by atoms with van der Waals surface area (Å²) in [5.74, 6) is -0.0391. The number of sulfone groups is 1. The Hall–Kier alpha value is -2.14.